The highest BCUT2D eigenvalue weighted by atomic mass is 19.4. The van der Waals surface area contributed by atoms with Crippen molar-refractivity contribution in [2.24, 2.45) is 0 Å². The van der Waals surface area contributed by atoms with Gasteiger partial charge in [-0.15, -0.1) is 0 Å². The minimum absolute atomic E-state index is 0.0873. The molecule has 5 rings (SSSR count). The number of hydrogen-bond acceptors (Lipinski definition) is 6. The molecule has 2 fully saturated rings. The number of amides is 1. The maximum Gasteiger partial charge on any atom is 0.423 e. The third kappa shape index (κ3) is 8.04. The lowest BCUT2D eigenvalue weighted by Gasteiger charge is -2.35. The highest BCUT2D eigenvalue weighted by Crippen LogP contribution is 2.38. The van der Waals surface area contributed by atoms with E-state index in [0.29, 0.717) is 44.8 Å². The van der Waals surface area contributed by atoms with Crippen molar-refractivity contribution >= 4 is 17.3 Å². The van der Waals surface area contributed by atoms with Crippen LogP contribution in [0.25, 0.3) is 0 Å². The van der Waals surface area contributed by atoms with Crippen LogP contribution >= 0.6 is 0 Å². The Kier molecular flexibility index (Phi) is 9.49. The molecule has 0 saturated carbocycles. The van der Waals surface area contributed by atoms with Crippen LogP contribution in [0.1, 0.15) is 49.1 Å². The zero-order valence-electron chi connectivity index (χ0n) is 23.8. The molecule has 43 heavy (non-hydrogen) atoms. The average Bonchev–Trinajstić information content (AvgIpc) is 3.01. The van der Waals surface area contributed by atoms with Crippen molar-refractivity contribution in [3.05, 3.63) is 94.0 Å². The first-order valence-electron chi connectivity index (χ1n) is 14.6. The molecule has 2 aliphatic heterocycles. The van der Waals surface area contributed by atoms with E-state index < -0.39 is 22.4 Å². The lowest BCUT2D eigenvalue weighted by molar-refractivity contribution is -0.388. The fourth-order valence-electron chi connectivity index (χ4n) is 5.86. The highest BCUT2D eigenvalue weighted by Gasteiger charge is 2.38. The second-order valence-electron chi connectivity index (χ2n) is 11.1. The molecular weight excluding hydrogens is 561 g/mol. The van der Waals surface area contributed by atoms with E-state index >= 15 is 0 Å². The van der Waals surface area contributed by atoms with Crippen molar-refractivity contribution in [2.45, 2.75) is 50.2 Å². The summed E-state index contributed by atoms with van der Waals surface area (Å²) in [6.07, 6.45) is -1.15. The van der Waals surface area contributed by atoms with Gasteiger partial charge in [-0.1, -0.05) is 30.3 Å². The van der Waals surface area contributed by atoms with Crippen LogP contribution in [-0.4, -0.2) is 59.4 Å². The molecule has 0 spiro atoms. The van der Waals surface area contributed by atoms with Crippen molar-refractivity contribution in [1.82, 2.24) is 9.80 Å². The number of carbonyl (C=O) groups is 1. The topological polar surface area (TPSA) is 88.0 Å². The molecular formula is C32H35F3N4O4. The first kappa shape index (κ1) is 30.3. The van der Waals surface area contributed by atoms with Gasteiger partial charge < -0.3 is 19.9 Å². The molecule has 228 valence electrons. The average molecular weight is 597 g/mol. The van der Waals surface area contributed by atoms with E-state index in [9.17, 15) is 28.1 Å². The monoisotopic (exact) mass is 596 g/mol. The van der Waals surface area contributed by atoms with Crippen LogP contribution in [-0.2, 0) is 11.0 Å². The number of anilines is 1. The Bertz CT molecular complexity index is 1390. The maximum absolute atomic E-state index is 13.3. The first-order chi connectivity index (χ1) is 20.7. The number of rotatable bonds is 9. The van der Waals surface area contributed by atoms with Gasteiger partial charge in [0.25, 0.3) is 5.69 Å². The predicted octanol–water partition coefficient (Wildman–Crippen LogP) is 7.08. The third-order valence-electron chi connectivity index (χ3n) is 8.28. The molecule has 11 heteroatoms. The number of carbonyl (C=O) groups excluding carboxylic acids is 1. The van der Waals surface area contributed by atoms with E-state index in [1.807, 2.05) is 47.4 Å². The normalized spacial score (nSPS) is 17.0. The van der Waals surface area contributed by atoms with Gasteiger partial charge >= 0.3 is 6.18 Å². The number of para-hydroxylation sites is 1. The predicted molar refractivity (Wildman–Crippen MR) is 157 cm³/mol. The standard InChI is InChI=1S/C32H35F3N4O4/c33-32(34,35)29-22-26(8-11-30(29)39(41)42)36-25-14-20-38(21-15-25)31(40)16-19-37-17-12-24(13-18-37)23-6-9-28(10-7-23)43-27-4-2-1-3-5-27/h1-11,22,24-25,36H,12-21H2. The van der Waals surface area contributed by atoms with Crippen LogP contribution in [0.2, 0.25) is 0 Å². The zero-order chi connectivity index (χ0) is 30.4. The van der Waals surface area contributed by atoms with Crippen molar-refractivity contribution < 1.29 is 27.6 Å². The second-order valence-corrected chi connectivity index (χ2v) is 11.1. The van der Waals surface area contributed by atoms with E-state index in [0.717, 1.165) is 49.6 Å². The van der Waals surface area contributed by atoms with E-state index in [1.165, 1.54) is 11.6 Å². The number of piperidine rings is 2. The number of likely N-dealkylation sites (tertiary alicyclic amines) is 2. The van der Waals surface area contributed by atoms with Gasteiger partial charge in [0, 0.05) is 43.9 Å². The van der Waals surface area contributed by atoms with Gasteiger partial charge in [0.1, 0.15) is 17.1 Å². The van der Waals surface area contributed by atoms with Crippen LogP contribution in [0, 0.1) is 10.1 Å². The maximum atomic E-state index is 13.3. The summed E-state index contributed by atoms with van der Waals surface area (Å²) in [4.78, 5) is 27.0. The Hall–Kier alpha value is -4.12. The van der Waals surface area contributed by atoms with Gasteiger partial charge in [0.05, 0.1) is 4.92 Å². The molecule has 3 aromatic carbocycles. The Morgan fingerprint density at radius 2 is 1.56 bits per heavy atom. The summed E-state index contributed by atoms with van der Waals surface area (Å²) in [7, 11) is 0. The molecule has 8 nitrogen and oxygen atoms in total. The zero-order valence-corrected chi connectivity index (χ0v) is 23.8. The number of benzene rings is 3. The molecule has 2 aliphatic rings. The van der Waals surface area contributed by atoms with Gasteiger partial charge in [0.2, 0.25) is 5.91 Å². The number of nitrogens with zero attached hydrogens (tertiary/aromatic N) is 3. The molecule has 1 N–H and O–H groups in total. The molecule has 1 amide bonds. The lowest BCUT2D eigenvalue weighted by atomic mass is 9.89. The minimum Gasteiger partial charge on any atom is -0.457 e. The molecule has 0 unspecified atom stereocenters. The van der Waals surface area contributed by atoms with Gasteiger partial charge in [-0.25, -0.2) is 0 Å². The molecule has 0 radical (unpaired) electrons. The van der Waals surface area contributed by atoms with E-state index in [-0.39, 0.29) is 17.6 Å². The molecule has 3 aromatic rings. The number of nitrogens with one attached hydrogen (secondary N) is 1. The Labute approximate surface area is 248 Å². The van der Waals surface area contributed by atoms with Gasteiger partial charge in [-0.05, 0) is 86.7 Å². The van der Waals surface area contributed by atoms with Crippen molar-refractivity contribution in [1.29, 1.82) is 0 Å². The van der Waals surface area contributed by atoms with Crippen molar-refractivity contribution in [3.8, 4) is 11.5 Å². The number of hydrogen-bond donors (Lipinski definition) is 1. The molecule has 0 atom stereocenters. The highest BCUT2D eigenvalue weighted by molar-refractivity contribution is 5.76. The second kappa shape index (κ2) is 13.5. The fourth-order valence-corrected chi connectivity index (χ4v) is 5.86. The largest absolute Gasteiger partial charge is 0.457 e. The summed E-state index contributed by atoms with van der Waals surface area (Å²) in [5, 5.41) is 14.1. The van der Waals surface area contributed by atoms with Crippen LogP contribution < -0.4 is 10.1 Å². The van der Waals surface area contributed by atoms with Crippen LogP contribution in [0.5, 0.6) is 11.5 Å². The summed E-state index contributed by atoms with van der Waals surface area (Å²) in [5.41, 5.74) is -0.755. The number of ether oxygens (including phenoxy) is 1. The van der Waals surface area contributed by atoms with Gasteiger partial charge in [-0.3, -0.25) is 14.9 Å². The van der Waals surface area contributed by atoms with E-state index in [2.05, 4.69) is 22.3 Å². The van der Waals surface area contributed by atoms with Crippen LogP contribution in [0.3, 0.4) is 0 Å². The summed E-state index contributed by atoms with van der Waals surface area (Å²) in [5.74, 6) is 2.19. The molecule has 2 saturated heterocycles. The number of alkyl halides is 3. The molecule has 0 aromatic heterocycles. The smallest absolute Gasteiger partial charge is 0.423 e. The van der Waals surface area contributed by atoms with E-state index in [4.69, 9.17) is 4.74 Å². The Balaban J connectivity index is 1.02. The van der Waals surface area contributed by atoms with Gasteiger partial charge in [0.15, 0.2) is 0 Å². The summed E-state index contributed by atoms with van der Waals surface area (Å²) < 4.78 is 45.8. The number of halogens is 3. The summed E-state index contributed by atoms with van der Waals surface area (Å²) in [6.45, 7) is 3.60. The molecule has 0 bridgehead atoms. The number of nitro groups is 1. The SMILES string of the molecule is O=C(CCN1CCC(c2ccc(Oc3ccccc3)cc2)CC1)N1CCC(Nc2ccc([N+](=O)[O-])c(C(F)(F)F)c2)CC1. The Morgan fingerprint density at radius 1 is 0.907 bits per heavy atom. The summed E-state index contributed by atoms with van der Waals surface area (Å²) >= 11 is 0. The fraction of sp³-hybridized carbons (Fsp3) is 0.406. The third-order valence-corrected chi connectivity index (χ3v) is 8.28. The molecule has 0 aliphatic carbocycles. The van der Waals surface area contributed by atoms with Crippen molar-refractivity contribution in [2.75, 3.05) is 38.0 Å². The lowest BCUT2D eigenvalue weighted by Crippen LogP contribution is -2.43. The number of nitro benzene ring substituents is 1. The van der Waals surface area contributed by atoms with Crippen molar-refractivity contribution in [3.63, 3.8) is 0 Å². The van der Waals surface area contributed by atoms with E-state index in [1.54, 1.807) is 0 Å². The summed E-state index contributed by atoms with van der Waals surface area (Å²) in [6, 6.07) is 20.8. The minimum atomic E-state index is -4.82. The Morgan fingerprint density at radius 3 is 2.19 bits per heavy atom. The van der Waals surface area contributed by atoms with Crippen LogP contribution in [0.4, 0.5) is 24.5 Å². The van der Waals surface area contributed by atoms with Gasteiger partial charge in [-0.2, -0.15) is 13.2 Å². The first-order valence-corrected chi connectivity index (χ1v) is 14.6. The molecule has 2 heterocycles. The van der Waals surface area contributed by atoms with Crippen LogP contribution in [0.15, 0.2) is 72.8 Å². The quantitative estimate of drug-likeness (QED) is 0.210.